The Labute approximate surface area is 190 Å². The van der Waals surface area contributed by atoms with E-state index in [0.717, 1.165) is 31.7 Å². The molecular weight excluding hydrogens is 422 g/mol. The largest absolute Gasteiger partial charge is 0.507 e. The molecule has 0 amide bonds. The Hall–Kier alpha value is -3.46. The van der Waals surface area contributed by atoms with E-state index >= 15 is 0 Å². The lowest BCUT2D eigenvalue weighted by Crippen LogP contribution is -2.45. The number of pyridine rings is 1. The first-order valence-electron chi connectivity index (χ1n) is 10.9. The van der Waals surface area contributed by atoms with Crippen molar-refractivity contribution in [3.8, 4) is 5.75 Å². The lowest BCUT2D eigenvalue weighted by molar-refractivity contribution is 0.00685. The first-order valence-corrected chi connectivity index (χ1v) is 10.9. The van der Waals surface area contributed by atoms with Gasteiger partial charge in [-0.3, -0.25) is 9.88 Å². The van der Waals surface area contributed by atoms with Gasteiger partial charge in [-0.1, -0.05) is 24.3 Å². The van der Waals surface area contributed by atoms with E-state index in [-0.39, 0.29) is 17.4 Å². The second-order valence-corrected chi connectivity index (χ2v) is 8.08. The van der Waals surface area contributed by atoms with E-state index in [0.29, 0.717) is 33.1 Å². The van der Waals surface area contributed by atoms with E-state index < -0.39 is 12.8 Å². The Kier molecular flexibility index (Phi) is 5.72. The molecule has 8 heteroatoms. The van der Waals surface area contributed by atoms with Crippen molar-refractivity contribution >= 4 is 27.7 Å². The third-order valence-corrected chi connectivity index (χ3v) is 6.25. The van der Waals surface area contributed by atoms with Crippen LogP contribution in [0.3, 0.4) is 0 Å². The first kappa shape index (κ1) is 21.4. The molecule has 170 valence electrons. The van der Waals surface area contributed by atoms with Crippen molar-refractivity contribution in [1.29, 1.82) is 0 Å². The van der Waals surface area contributed by atoms with Gasteiger partial charge in [0.15, 0.2) is 6.79 Å². The number of phenolic OH excluding ortho intramolecular Hbond substituents is 1. The molecule has 1 fully saturated rings. The van der Waals surface area contributed by atoms with Crippen molar-refractivity contribution in [3.05, 3.63) is 71.2 Å². The number of hydrogen-bond donors (Lipinski definition) is 3. The molecular formula is C25H25N3O5. The number of phenols is 1. The van der Waals surface area contributed by atoms with Gasteiger partial charge in [-0.15, -0.1) is 0 Å². The van der Waals surface area contributed by atoms with Gasteiger partial charge in [0.1, 0.15) is 22.7 Å². The molecule has 8 nitrogen and oxygen atoms in total. The molecule has 0 saturated carbocycles. The van der Waals surface area contributed by atoms with E-state index in [1.807, 2.05) is 36.4 Å². The van der Waals surface area contributed by atoms with Crippen LogP contribution in [0, 0.1) is 6.92 Å². The fraction of sp³-hybridized carbons (Fsp3) is 0.280. The van der Waals surface area contributed by atoms with Crippen LogP contribution in [0.2, 0.25) is 0 Å². The second kappa shape index (κ2) is 8.82. The van der Waals surface area contributed by atoms with Crippen LogP contribution in [-0.2, 0) is 4.74 Å². The minimum Gasteiger partial charge on any atom is -0.507 e. The molecule has 3 N–H and O–H groups in total. The Balaban J connectivity index is 1.89. The molecule has 2 aromatic heterocycles. The maximum atomic E-state index is 12.9. The van der Waals surface area contributed by atoms with Crippen LogP contribution in [0.5, 0.6) is 5.75 Å². The first-order chi connectivity index (χ1) is 16.1. The van der Waals surface area contributed by atoms with Crippen LogP contribution in [0.25, 0.3) is 21.7 Å². The van der Waals surface area contributed by atoms with Gasteiger partial charge < -0.3 is 24.7 Å². The molecule has 5 rings (SSSR count). The smallest absolute Gasteiger partial charge is 0.344 e. The molecule has 0 radical (unpaired) electrons. The number of carbonyl (C=O) groups excluding carboxylic acids is 1. The highest BCUT2D eigenvalue weighted by molar-refractivity contribution is 6.16. The van der Waals surface area contributed by atoms with Gasteiger partial charge in [0.2, 0.25) is 0 Å². The topological polar surface area (TPSA) is 108 Å². The molecule has 2 aromatic carbocycles. The number of ether oxygens (including phenoxy) is 1. The number of rotatable bonds is 5. The van der Waals surface area contributed by atoms with Crippen molar-refractivity contribution in [2.24, 2.45) is 0 Å². The number of nitrogens with zero attached hydrogens (tertiary/aromatic N) is 2. The summed E-state index contributed by atoms with van der Waals surface area (Å²) < 4.78 is 11.1. The van der Waals surface area contributed by atoms with Gasteiger partial charge in [0.25, 0.3) is 0 Å². The number of piperazine rings is 1. The fourth-order valence-electron chi connectivity index (χ4n) is 4.83. The monoisotopic (exact) mass is 447 g/mol. The summed E-state index contributed by atoms with van der Waals surface area (Å²) in [5, 5.41) is 26.1. The van der Waals surface area contributed by atoms with Crippen molar-refractivity contribution in [2.45, 2.75) is 13.0 Å². The number of esters is 1. The summed E-state index contributed by atoms with van der Waals surface area (Å²) in [6, 6.07) is 10.9. The highest BCUT2D eigenvalue weighted by Gasteiger charge is 2.34. The molecule has 33 heavy (non-hydrogen) atoms. The van der Waals surface area contributed by atoms with E-state index in [2.05, 4.69) is 15.2 Å². The van der Waals surface area contributed by atoms with Gasteiger partial charge in [-0.25, -0.2) is 4.79 Å². The van der Waals surface area contributed by atoms with Crippen LogP contribution in [0.4, 0.5) is 0 Å². The standard InChI is InChI=1S/C25H25N3O5/c1-15-19(25(31)32-14-29)20-21(23(30)17-4-2-3-5-18(17)24(20)33-15)22(16-6-8-26-9-7-16)28-12-10-27-11-13-28/h2-9,22,27,29-30H,10-14H2,1H3. The number of aliphatic hydroxyl groups is 1. The molecule has 0 bridgehead atoms. The highest BCUT2D eigenvalue weighted by Crippen LogP contribution is 2.47. The highest BCUT2D eigenvalue weighted by atomic mass is 16.6. The number of nitrogens with one attached hydrogen (secondary N) is 1. The third kappa shape index (κ3) is 3.62. The van der Waals surface area contributed by atoms with Crippen LogP contribution in [0.15, 0.2) is 53.2 Å². The quantitative estimate of drug-likeness (QED) is 0.316. The Morgan fingerprint density at radius 2 is 1.88 bits per heavy atom. The third-order valence-electron chi connectivity index (χ3n) is 6.25. The zero-order chi connectivity index (χ0) is 22.9. The zero-order valence-electron chi connectivity index (χ0n) is 18.2. The summed E-state index contributed by atoms with van der Waals surface area (Å²) in [6.45, 7) is 4.08. The summed E-state index contributed by atoms with van der Waals surface area (Å²) >= 11 is 0. The average Bonchev–Trinajstić information content (AvgIpc) is 3.20. The summed E-state index contributed by atoms with van der Waals surface area (Å²) in [5.41, 5.74) is 2.25. The number of aromatic hydroxyl groups is 1. The Morgan fingerprint density at radius 1 is 1.18 bits per heavy atom. The number of benzene rings is 2. The summed E-state index contributed by atoms with van der Waals surface area (Å²) in [5.74, 6) is -0.231. The van der Waals surface area contributed by atoms with Crippen LogP contribution in [-0.4, -0.2) is 59.0 Å². The zero-order valence-corrected chi connectivity index (χ0v) is 18.2. The molecule has 1 atom stereocenters. The minimum absolute atomic E-state index is 0.0947. The van der Waals surface area contributed by atoms with Crippen molar-refractivity contribution < 1.29 is 24.2 Å². The Bertz CT molecular complexity index is 1310. The van der Waals surface area contributed by atoms with Crippen LogP contribution in [0.1, 0.15) is 33.3 Å². The lowest BCUT2D eigenvalue weighted by atomic mass is 9.89. The second-order valence-electron chi connectivity index (χ2n) is 8.08. The number of aliphatic hydroxyl groups excluding tert-OH is 1. The van der Waals surface area contributed by atoms with Gasteiger partial charge >= 0.3 is 5.97 Å². The lowest BCUT2D eigenvalue weighted by Gasteiger charge is -2.36. The van der Waals surface area contributed by atoms with Crippen molar-refractivity contribution in [3.63, 3.8) is 0 Å². The van der Waals surface area contributed by atoms with E-state index in [4.69, 9.17) is 9.15 Å². The molecule has 4 aromatic rings. The molecule has 0 aliphatic carbocycles. The van der Waals surface area contributed by atoms with Gasteiger partial charge in [-0.05, 0) is 24.6 Å². The molecule has 1 aliphatic heterocycles. The molecule has 1 aliphatic rings. The van der Waals surface area contributed by atoms with E-state index in [1.165, 1.54) is 0 Å². The molecule has 0 spiro atoms. The summed E-state index contributed by atoms with van der Waals surface area (Å²) in [6.07, 6.45) is 3.45. The number of furan rings is 1. The number of carbonyl (C=O) groups is 1. The summed E-state index contributed by atoms with van der Waals surface area (Å²) in [7, 11) is 0. The van der Waals surface area contributed by atoms with Gasteiger partial charge in [0, 0.05) is 60.3 Å². The van der Waals surface area contributed by atoms with Crippen molar-refractivity contribution in [2.75, 3.05) is 33.0 Å². The maximum absolute atomic E-state index is 12.9. The van der Waals surface area contributed by atoms with Gasteiger partial charge in [-0.2, -0.15) is 0 Å². The van der Waals surface area contributed by atoms with Gasteiger partial charge in [0.05, 0.1) is 6.04 Å². The number of aryl methyl sites for hydroxylation is 1. The van der Waals surface area contributed by atoms with E-state index in [9.17, 15) is 15.0 Å². The molecule has 1 unspecified atom stereocenters. The van der Waals surface area contributed by atoms with Crippen LogP contribution >= 0.6 is 0 Å². The maximum Gasteiger partial charge on any atom is 0.344 e. The minimum atomic E-state index is -0.745. The molecule has 3 heterocycles. The number of fused-ring (bicyclic) bond motifs is 3. The predicted octanol–water partition coefficient (Wildman–Crippen LogP) is 3.10. The number of hydrogen-bond acceptors (Lipinski definition) is 8. The fourth-order valence-corrected chi connectivity index (χ4v) is 4.83. The molecule has 1 saturated heterocycles. The normalized spacial score (nSPS) is 15.7. The predicted molar refractivity (Wildman–Crippen MR) is 123 cm³/mol. The average molecular weight is 447 g/mol. The summed E-state index contributed by atoms with van der Waals surface area (Å²) in [4.78, 5) is 19.4. The van der Waals surface area contributed by atoms with Crippen LogP contribution < -0.4 is 5.32 Å². The van der Waals surface area contributed by atoms with Crippen molar-refractivity contribution in [1.82, 2.24) is 15.2 Å². The number of aromatic nitrogens is 1. The Morgan fingerprint density at radius 3 is 2.58 bits per heavy atom. The SMILES string of the molecule is Cc1oc2c(c1C(=O)OCO)c(C(c1ccncc1)N1CCNCC1)c(O)c1ccccc12. The van der Waals surface area contributed by atoms with E-state index in [1.54, 1.807) is 19.3 Å².